The Kier molecular flexibility index (Phi) is 6.17. The van der Waals surface area contributed by atoms with Gasteiger partial charge >= 0.3 is 5.97 Å². The Labute approximate surface area is 215 Å². The van der Waals surface area contributed by atoms with Crippen molar-refractivity contribution in [3.63, 3.8) is 0 Å². The molecule has 0 bridgehead atoms. The van der Waals surface area contributed by atoms with Crippen LogP contribution in [0, 0.1) is 0 Å². The molecular weight excluding hydrogens is 494 g/mol. The largest absolute Gasteiger partial charge is 0.482 e. The van der Waals surface area contributed by atoms with Crippen molar-refractivity contribution < 1.29 is 38.2 Å². The molecule has 0 saturated heterocycles. The predicted molar refractivity (Wildman–Crippen MR) is 134 cm³/mol. The molecule has 190 valence electrons. The Morgan fingerprint density at radius 2 is 1.63 bits per heavy atom. The summed E-state index contributed by atoms with van der Waals surface area (Å²) >= 11 is 0. The van der Waals surface area contributed by atoms with Gasteiger partial charge in [-0.15, -0.1) is 0 Å². The van der Waals surface area contributed by atoms with Crippen LogP contribution >= 0.6 is 0 Å². The van der Waals surface area contributed by atoms with Gasteiger partial charge in [0.05, 0.1) is 28.1 Å². The van der Waals surface area contributed by atoms with Gasteiger partial charge in [-0.25, -0.2) is 9.69 Å². The molecule has 3 aromatic rings. The summed E-state index contributed by atoms with van der Waals surface area (Å²) in [5.41, 5.74) is 1.48. The number of fused-ring (bicyclic) bond motifs is 2. The van der Waals surface area contributed by atoms with Gasteiger partial charge in [-0.2, -0.15) is 0 Å². The number of anilines is 3. The number of nitrogens with zero attached hydrogens (tertiary/aromatic N) is 1. The fourth-order valence-electron chi connectivity index (χ4n) is 4.05. The molecule has 0 saturated carbocycles. The molecule has 0 atom stereocenters. The van der Waals surface area contributed by atoms with Crippen LogP contribution in [0.25, 0.3) is 0 Å². The highest BCUT2D eigenvalue weighted by molar-refractivity contribution is 6.34. The standard InChI is InChI=1S/C27H19N3O8/c1-14(31)28-17-4-6-18(7-5-17)30-25(34)19-8-2-16(10-20(19)26(30)35)27(36)38-12-22(32)15-3-9-23-21(11-15)29-24(33)13-37-23/h2-11H,12-13H2,1H3,(H,28,31)(H,29,33). The van der Waals surface area contributed by atoms with Crippen LogP contribution in [-0.4, -0.2) is 48.6 Å². The number of rotatable bonds is 6. The third-order valence-electron chi connectivity index (χ3n) is 5.84. The zero-order valence-corrected chi connectivity index (χ0v) is 19.9. The van der Waals surface area contributed by atoms with Crippen molar-refractivity contribution in [1.82, 2.24) is 0 Å². The summed E-state index contributed by atoms with van der Waals surface area (Å²) in [6.07, 6.45) is 0. The summed E-state index contributed by atoms with van der Waals surface area (Å²) in [5, 5.41) is 5.20. The first-order valence-corrected chi connectivity index (χ1v) is 11.4. The average Bonchev–Trinajstić information content (AvgIpc) is 3.15. The maximum atomic E-state index is 13.0. The van der Waals surface area contributed by atoms with E-state index in [1.807, 2.05) is 0 Å². The smallest absolute Gasteiger partial charge is 0.338 e. The predicted octanol–water partition coefficient (Wildman–Crippen LogP) is 2.82. The van der Waals surface area contributed by atoms with Gasteiger partial charge in [0.15, 0.2) is 19.0 Å². The summed E-state index contributed by atoms with van der Waals surface area (Å²) < 4.78 is 10.4. The van der Waals surface area contributed by atoms with Gasteiger partial charge in [0.1, 0.15) is 5.75 Å². The third-order valence-corrected chi connectivity index (χ3v) is 5.84. The highest BCUT2D eigenvalue weighted by Gasteiger charge is 2.37. The van der Waals surface area contributed by atoms with E-state index in [9.17, 15) is 28.8 Å². The number of imide groups is 1. The first kappa shape index (κ1) is 24.4. The second kappa shape index (κ2) is 9.62. The first-order chi connectivity index (χ1) is 18.2. The van der Waals surface area contributed by atoms with Crippen molar-refractivity contribution in [3.8, 4) is 5.75 Å². The number of ether oxygens (including phenoxy) is 2. The molecule has 0 unspecified atom stereocenters. The average molecular weight is 513 g/mol. The van der Waals surface area contributed by atoms with Crippen LogP contribution in [0.2, 0.25) is 0 Å². The van der Waals surface area contributed by atoms with Crippen molar-refractivity contribution in [2.24, 2.45) is 0 Å². The molecule has 2 aliphatic rings. The molecule has 5 rings (SSSR count). The Morgan fingerprint density at radius 1 is 0.921 bits per heavy atom. The Bertz CT molecular complexity index is 1540. The molecule has 0 radical (unpaired) electrons. The van der Waals surface area contributed by atoms with E-state index in [2.05, 4.69) is 10.6 Å². The highest BCUT2D eigenvalue weighted by Crippen LogP contribution is 2.31. The van der Waals surface area contributed by atoms with Crippen LogP contribution in [0.15, 0.2) is 60.7 Å². The summed E-state index contributed by atoms with van der Waals surface area (Å²) in [7, 11) is 0. The number of hydrogen-bond donors (Lipinski definition) is 2. The minimum atomic E-state index is -0.853. The molecule has 4 amide bonds. The van der Waals surface area contributed by atoms with Crippen molar-refractivity contribution in [2.75, 3.05) is 28.7 Å². The molecule has 11 heteroatoms. The van der Waals surface area contributed by atoms with E-state index < -0.39 is 30.2 Å². The van der Waals surface area contributed by atoms with E-state index in [0.717, 1.165) is 4.90 Å². The normalized spacial score (nSPS) is 13.7. The monoisotopic (exact) mass is 513 g/mol. The summed E-state index contributed by atoms with van der Waals surface area (Å²) in [4.78, 5) is 74.8. The quantitative estimate of drug-likeness (QED) is 0.290. The molecule has 0 fully saturated rings. The Balaban J connectivity index is 1.27. The second-order valence-electron chi connectivity index (χ2n) is 8.48. The van der Waals surface area contributed by atoms with E-state index >= 15 is 0 Å². The lowest BCUT2D eigenvalue weighted by molar-refractivity contribution is -0.118. The molecule has 0 spiro atoms. The molecule has 38 heavy (non-hydrogen) atoms. The van der Waals surface area contributed by atoms with E-state index in [4.69, 9.17) is 9.47 Å². The molecule has 2 N–H and O–H groups in total. The molecule has 0 aliphatic carbocycles. The van der Waals surface area contributed by atoms with Crippen molar-refractivity contribution in [3.05, 3.63) is 82.9 Å². The number of nitrogens with one attached hydrogen (secondary N) is 2. The Hall–Kier alpha value is -5.32. The number of carbonyl (C=O) groups is 6. The number of hydrogen-bond acceptors (Lipinski definition) is 8. The van der Waals surface area contributed by atoms with Gasteiger partial charge in [-0.3, -0.25) is 24.0 Å². The number of esters is 1. The van der Waals surface area contributed by atoms with Gasteiger partial charge < -0.3 is 20.1 Å². The third kappa shape index (κ3) is 4.60. The zero-order valence-electron chi connectivity index (χ0n) is 19.9. The van der Waals surface area contributed by atoms with E-state index in [1.165, 1.54) is 55.5 Å². The molecular formula is C27H19N3O8. The van der Waals surface area contributed by atoms with Crippen molar-refractivity contribution in [2.45, 2.75) is 6.92 Å². The number of ketones is 1. The number of amides is 4. The van der Waals surface area contributed by atoms with Gasteiger partial charge in [0, 0.05) is 18.2 Å². The SMILES string of the molecule is CC(=O)Nc1ccc(N2C(=O)c3ccc(C(=O)OCC(=O)c4ccc5c(c4)NC(=O)CO5)cc3C2=O)cc1. The second-order valence-corrected chi connectivity index (χ2v) is 8.48. The lowest BCUT2D eigenvalue weighted by Crippen LogP contribution is -2.29. The molecule has 3 aromatic carbocycles. The molecule has 2 heterocycles. The maximum absolute atomic E-state index is 13.0. The summed E-state index contributed by atoms with van der Waals surface area (Å²) in [6.45, 7) is 0.666. The zero-order chi connectivity index (χ0) is 27.0. The molecule has 2 aliphatic heterocycles. The van der Waals surface area contributed by atoms with Gasteiger partial charge in [-0.05, 0) is 60.7 Å². The van der Waals surface area contributed by atoms with Gasteiger partial charge in [0.25, 0.3) is 17.7 Å². The molecule has 11 nitrogen and oxygen atoms in total. The number of Topliss-reactive ketones (excluding diaryl/α,β-unsaturated/α-hetero) is 1. The summed E-state index contributed by atoms with van der Waals surface area (Å²) in [6, 6.07) is 14.6. The van der Waals surface area contributed by atoms with E-state index in [1.54, 1.807) is 12.1 Å². The fraction of sp³-hybridized carbons (Fsp3) is 0.111. The van der Waals surface area contributed by atoms with Gasteiger partial charge in [0.2, 0.25) is 5.91 Å². The lowest BCUT2D eigenvalue weighted by Gasteiger charge is -2.18. The van der Waals surface area contributed by atoms with Crippen LogP contribution < -0.4 is 20.3 Å². The minimum Gasteiger partial charge on any atom is -0.482 e. The van der Waals surface area contributed by atoms with Crippen LogP contribution in [0.1, 0.15) is 48.4 Å². The highest BCUT2D eigenvalue weighted by atomic mass is 16.5. The lowest BCUT2D eigenvalue weighted by atomic mass is 10.1. The maximum Gasteiger partial charge on any atom is 0.338 e. The topological polar surface area (TPSA) is 148 Å². The number of carbonyl (C=O) groups excluding carboxylic acids is 6. The number of benzene rings is 3. The van der Waals surface area contributed by atoms with Crippen LogP contribution in [0.4, 0.5) is 17.1 Å². The van der Waals surface area contributed by atoms with Gasteiger partial charge in [-0.1, -0.05) is 0 Å². The van der Waals surface area contributed by atoms with Crippen LogP contribution in [-0.2, 0) is 14.3 Å². The fourth-order valence-corrected chi connectivity index (χ4v) is 4.05. The van der Waals surface area contributed by atoms with Crippen LogP contribution in [0.3, 0.4) is 0 Å². The minimum absolute atomic E-state index is 0.00772. The first-order valence-electron chi connectivity index (χ1n) is 11.4. The Morgan fingerprint density at radius 3 is 2.37 bits per heavy atom. The van der Waals surface area contributed by atoms with E-state index in [0.29, 0.717) is 22.8 Å². The molecule has 0 aromatic heterocycles. The van der Waals surface area contributed by atoms with Crippen LogP contribution in [0.5, 0.6) is 5.75 Å². The van der Waals surface area contributed by atoms with E-state index in [-0.39, 0.29) is 40.7 Å². The van der Waals surface area contributed by atoms with Crippen molar-refractivity contribution >= 4 is 52.4 Å². The summed E-state index contributed by atoms with van der Waals surface area (Å²) in [5.74, 6) is -2.73. The van der Waals surface area contributed by atoms with Crippen molar-refractivity contribution in [1.29, 1.82) is 0 Å².